The zero-order valence-electron chi connectivity index (χ0n) is 19.1. The maximum atomic E-state index is 13.1. The molecule has 1 aromatic heterocycles. The van der Waals surface area contributed by atoms with Gasteiger partial charge in [0.15, 0.2) is 5.13 Å². The number of ether oxygens (including phenoxy) is 3. The van der Waals surface area contributed by atoms with Gasteiger partial charge in [-0.05, 0) is 52.0 Å². The molecule has 0 aliphatic heterocycles. The first-order chi connectivity index (χ1) is 15.1. The van der Waals surface area contributed by atoms with Crippen molar-refractivity contribution in [2.45, 2.75) is 39.3 Å². The van der Waals surface area contributed by atoms with Crippen LogP contribution in [0.2, 0.25) is 0 Å². The summed E-state index contributed by atoms with van der Waals surface area (Å²) in [5, 5.41) is 3.88. The SMILES string of the molecule is COc1ccc2nc(NC(c3ccccc3OC)C(C(C)=O)C(=O)OC(C)(C)C)sc2c1. The summed E-state index contributed by atoms with van der Waals surface area (Å²) in [6.07, 6.45) is 0. The topological polar surface area (TPSA) is 86.8 Å². The Morgan fingerprint density at radius 2 is 1.78 bits per heavy atom. The molecule has 0 aliphatic rings. The van der Waals surface area contributed by atoms with Crippen LogP contribution in [0.1, 0.15) is 39.3 Å². The van der Waals surface area contributed by atoms with Gasteiger partial charge < -0.3 is 19.5 Å². The summed E-state index contributed by atoms with van der Waals surface area (Å²) in [7, 11) is 3.16. The molecule has 0 saturated heterocycles. The van der Waals surface area contributed by atoms with E-state index in [-0.39, 0.29) is 5.78 Å². The first kappa shape index (κ1) is 23.5. The number of fused-ring (bicyclic) bond motifs is 1. The molecule has 0 bridgehead atoms. The number of ketones is 1. The normalized spacial score (nSPS) is 13.3. The van der Waals surface area contributed by atoms with Crippen LogP contribution in [0.15, 0.2) is 42.5 Å². The lowest BCUT2D eigenvalue weighted by Gasteiger charge is -2.29. The lowest BCUT2D eigenvalue weighted by molar-refractivity contribution is -0.162. The van der Waals surface area contributed by atoms with Crippen LogP contribution in [-0.2, 0) is 14.3 Å². The number of methoxy groups -OCH3 is 2. The fourth-order valence-corrected chi connectivity index (χ4v) is 4.32. The van der Waals surface area contributed by atoms with Gasteiger partial charge in [-0.15, -0.1) is 0 Å². The number of thiazole rings is 1. The number of hydrogen-bond acceptors (Lipinski definition) is 8. The molecule has 7 nitrogen and oxygen atoms in total. The van der Waals surface area contributed by atoms with Crippen LogP contribution < -0.4 is 14.8 Å². The molecule has 0 fully saturated rings. The van der Waals surface area contributed by atoms with Crippen molar-refractivity contribution in [3.63, 3.8) is 0 Å². The fourth-order valence-electron chi connectivity index (χ4n) is 3.39. The second kappa shape index (κ2) is 9.56. The summed E-state index contributed by atoms with van der Waals surface area (Å²) in [5.41, 5.74) is 0.717. The standard InChI is InChI=1S/C24H28N2O5S/c1-14(27)20(22(28)31-24(2,3)4)21(16-9-7-8-10-18(16)30-6)26-23-25-17-12-11-15(29-5)13-19(17)32-23/h7-13,20-21H,1-6H3,(H,25,26). The predicted molar refractivity (Wildman–Crippen MR) is 126 cm³/mol. The molecule has 32 heavy (non-hydrogen) atoms. The minimum absolute atomic E-state index is 0.314. The Labute approximate surface area is 191 Å². The fraction of sp³-hybridized carbons (Fsp3) is 0.375. The summed E-state index contributed by atoms with van der Waals surface area (Å²) >= 11 is 1.41. The number of rotatable bonds is 8. The van der Waals surface area contributed by atoms with Crippen molar-refractivity contribution in [1.29, 1.82) is 0 Å². The summed E-state index contributed by atoms with van der Waals surface area (Å²) in [5.74, 6) is -0.722. The van der Waals surface area contributed by atoms with E-state index in [0.717, 1.165) is 16.0 Å². The van der Waals surface area contributed by atoms with Crippen LogP contribution in [0, 0.1) is 5.92 Å². The third-order valence-corrected chi connectivity index (χ3v) is 5.73. The Hall–Kier alpha value is -3.13. The molecule has 0 aliphatic carbocycles. The van der Waals surface area contributed by atoms with Crippen LogP contribution in [-0.4, -0.2) is 36.6 Å². The Balaban J connectivity index is 2.07. The maximum Gasteiger partial charge on any atom is 0.319 e. The number of nitrogens with one attached hydrogen (secondary N) is 1. The lowest BCUT2D eigenvalue weighted by atomic mass is 9.89. The van der Waals surface area contributed by atoms with E-state index in [0.29, 0.717) is 16.4 Å². The van der Waals surface area contributed by atoms with E-state index < -0.39 is 23.5 Å². The van der Waals surface area contributed by atoms with Crippen molar-refractivity contribution in [1.82, 2.24) is 4.98 Å². The molecule has 8 heteroatoms. The number of esters is 1. The van der Waals surface area contributed by atoms with E-state index in [1.807, 2.05) is 36.4 Å². The molecule has 2 unspecified atom stereocenters. The molecule has 0 radical (unpaired) electrons. The second-order valence-corrected chi connectivity index (χ2v) is 9.37. The van der Waals surface area contributed by atoms with E-state index in [4.69, 9.17) is 14.2 Å². The molecule has 2 aromatic carbocycles. The van der Waals surface area contributed by atoms with Crippen LogP contribution >= 0.6 is 11.3 Å². The van der Waals surface area contributed by atoms with E-state index in [9.17, 15) is 9.59 Å². The molecule has 1 heterocycles. The summed E-state index contributed by atoms with van der Waals surface area (Å²) < 4.78 is 17.3. The molecular formula is C24H28N2O5S. The number of carbonyl (C=O) groups excluding carboxylic acids is 2. The van der Waals surface area contributed by atoms with Gasteiger partial charge in [-0.1, -0.05) is 29.5 Å². The van der Waals surface area contributed by atoms with Crippen molar-refractivity contribution < 1.29 is 23.8 Å². The molecule has 1 N–H and O–H groups in total. The summed E-state index contributed by atoms with van der Waals surface area (Å²) in [6, 6.07) is 12.1. The maximum absolute atomic E-state index is 13.1. The number of carbonyl (C=O) groups is 2. The first-order valence-corrected chi connectivity index (χ1v) is 11.0. The molecule has 2 atom stereocenters. The lowest BCUT2D eigenvalue weighted by Crippen LogP contribution is -2.38. The second-order valence-electron chi connectivity index (χ2n) is 8.34. The van der Waals surface area contributed by atoms with Crippen molar-refractivity contribution >= 4 is 38.4 Å². The third kappa shape index (κ3) is 5.37. The van der Waals surface area contributed by atoms with Gasteiger partial charge in [0.1, 0.15) is 28.8 Å². The van der Waals surface area contributed by atoms with Crippen molar-refractivity contribution in [3.8, 4) is 11.5 Å². The monoisotopic (exact) mass is 456 g/mol. The highest BCUT2D eigenvalue weighted by molar-refractivity contribution is 7.22. The van der Waals surface area contributed by atoms with Crippen molar-refractivity contribution in [2.24, 2.45) is 5.92 Å². The van der Waals surface area contributed by atoms with E-state index in [1.54, 1.807) is 41.1 Å². The summed E-state index contributed by atoms with van der Waals surface area (Å²) in [4.78, 5) is 30.5. The summed E-state index contributed by atoms with van der Waals surface area (Å²) in [6.45, 7) is 6.71. The number of anilines is 1. The van der Waals surface area contributed by atoms with Gasteiger partial charge in [0.2, 0.25) is 0 Å². The van der Waals surface area contributed by atoms with E-state index >= 15 is 0 Å². The predicted octanol–water partition coefficient (Wildman–Crippen LogP) is 5.01. The minimum atomic E-state index is -1.09. The number of nitrogens with zero attached hydrogens (tertiary/aromatic N) is 1. The van der Waals surface area contributed by atoms with Gasteiger partial charge >= 0.3 is 5.97 Å². The zero-order valence-corrected chi connectivity index (χ0v) is 19.9. The van der Waals surface area contributed by atoms with Gasteiger partial charge in [-0.3, -0.25) is 9.59 Å². The van der Waals surface area contributed by atoms with Gasteiger partial charge in [-0.25, -0.2) is 4.98 Å². The average Bonchev–Trinajstić information content (AvgIpc) is 3.13. The number of Topliss-reactive ketones (excluding diaryl/α,β-unsaturated/α-hetero) is 1. The molecule has 3 rings (SSSR count). The number of benzene rings is 2. The van der Waals surface area contributed by atoms with Gasteiger partial charge in [-0.2, -0.15) is 0 Å². The largest absolute Gasteiger partial charge is 0.497 e. The van der Waals surface area contributed by atoms with Gasteiger partial charge in [0, 0.05) is 5.56 Å². The van der Waals surface area contributed by atoms with Crippen molar-refractivity contribution in [3.05, 3.63) is 48.0 Å². The Kier molecular flexibility index (Phi) is 7.03. The minimum Gasteiger partial charge on any atom is -0.497 e. The van der Waals surface area contributed by atoms with E-state index in [2.05, 4.69) is 10.3 Å². The highest BCUT2D eigenvalue weighted by atomic mass is 32.1. The number of hydrogen-bond donors (Lipinski definition) is 1. The molecule has 3 aromatic rings. The molecule has 170 valence electrons. The van der Waals surface area contributed by atoms with Crippen LogP contribution in [0.5, 0.6) is 11.5 Å². The molecule has 0 spiro atoms. The highest BCUT2D eigenvalue weighted by Crippen LogP contribution is 2.37. The Bertz CT molecular complexity index is 1120. The highest BCUT2D eigenvalue weighted by Gasteiger charge is 2.38. The third-order valence-electron chi connectivity index (χ3n) is 4.78. The zero-order chi connectivity index (χ0) is 23.5. The number of aromatic nitrogens is 1. The molecular weight excluding hydrogens is 428 g/mol. The Morgan fingerprint density at radius 3 is 2.41 bits per heavy atom. The van der Waals surface area contributed by atoms with E-state index in [1.165, 1.54) is 18.3 Å². The van der Waals surface area contributed by atoms with Crippen LogP contribution in [0.25, 0.3) is 10.2 Å². The average molecular weight is 457 g/mol. The molecule has 0 saturated carbocycles. The Morgan fingerprint density at radius 1 is 1.06 bits per heavy atom. The quantitative estimate of drug-likeness (QED) is 0.376. The smallest absolute Gasteiger partial charge is 0.319 e. The van der Waals surface area contributed by atoms with Crippen LogP contribution in [0.4, 0.5) is 5.13 Å². The van der Waals surface area contributed by atoms with Crippen LogP contribution in [0.3, 0.4) is 0 Å². The van der Waals surface area contributed by atoms with Crippen molar-refractivity contribution in [2.75, 3.05) is 19.5 Å². The number of para-hydroxylation sites is 1. The van der Waals surface area contributed by atoms with Gasteiger partial charge in [0.05, 0.1) is 30.5 Å². The first-order valence-electron chi connectivity index (χ1n) is 10.2. The van der Waals surface area contributed by atoms with Gasteiger partial charge in [0.25, 0.3) is 0 Å². The molecule has 0 amide bonds.